The maximum absolute atomic E-state index is 12.4. The van der Waals surface area contributed by atoms with Crippen LogP contribution < -0.4 is 15.6 Å². The Morgan fingerprint density at radius 3 is 2.44 bits per heavy atom. The average molecular weight is 480 g/mol. The minimum atomic E-state index is -0.158. The van der Waals surface area contributed by atoms with E-state index in [1.807, 2.05) is 74.6 Å². The molecule has 0 unspecified atom stereocenters. The lowest BCUT2D eigenvalue weighted by Gasteiger charge is -2.11. The smallest absolute Gasteiger partial charge is 0.267 e. The first-order valence-electron chi connectivity index (χ1n) is 11.6. The van der Waals surface area contributed by atoms with Gasteiger partial charge in [0.15, 0.2) is 0 Å². The largest absolute Gasteiger partial charge is 0.457 e. The average Bonchev–Trinajstić information content (AvgIpc) is 3.23. The van der Waals surface area contributed by atoms with E-state index in [4.69, 9.17) is 9.84 Å². The minimum Gasteiger partial charge on any atom is -0.457 e. The first-order chi connectivity index (χ1) is 17.4. The van der Waals surface area contributed by atoms with E-state index in [9.17, 15) is 9.59 Å². The van der Waals surface area contributed by atoms with Gasteiger partial charge in [0.25, 0.3) is 5.56 Å². The zero-order valence-electron chi connectivity index (χ0n) is 20.2. The van der Waals surface area contributed by atoms with Crippen molar-refractivity contribution in [1.29, 1.82) is 0 Å². The molecule has 5 rings (SSSR count). The molecular formula is C28H25N5O3. The Morgan fingerprint density at radius 2 is 1.69 bits per heavy atom. The van der Waals surface area contributed by atoms with Gasteiger partial charge in [-0.3, -0.25) is 9.59 Å². The van der Waals surface area contributed by atoms with Crippen molar-refractivity contribution >= 4 is 17.1 Å². The van der Waals surface area contributed by atoms with Crippen LogP contribution >= 0.6 is 0 Å². The maximum Gasteiger partial charge on any atom is 0.267 e. The number of ether oxygens (including phenoxy) is 1. The molecule has 0 aliphatic heterocycles. The topological polar surface area (TPSA) is 90.5 Å². The van der Waals surface area contributed by atoms with Gasteiger partial charge in [0.2, 0.25) is 5.91 Å². The molecule has 36 heavy (non-hydrogen) atoms. The second-order valence-corrected chi connectivity index (χ2v) is 8.69. The van der Waals surface area contributed by atoms with E-state index in [2.05, 4.69) is 10.4 Å². The van der Waals surface area contributed by atoms with E-state index in [0.717, 1.165) is 22.3 Å². The molecule has 8 heteroatoms. The van der Waals surface area contributed by atoms with Gasteiger partial charge in [0, 0.05) is 42.6 Å². The zero-order valence-corrected chi connectivity index (χ0v) is 20.2. The predicted molar refractivity (Wildman–Crippen MR) is 139 cm³/mol. The number of nitrogens with one attached hydrogen (secondary N) is 1. The standard InChI is InChI=1S/C28H25N5O3/c1-18(2)33-26(35)13-12-24(30-33)27-25-17-23(36-22-11-7-10-21(16-22)29-19(3)34)14-15-32(25)31-28(27)20-8-5-4-6-9-20/h4-18H,1-3H3,(H,29,34). The maximum atomic E-state index is 12.4. The summed E-state index contributed by atoms with van der Waals surface area (Å²) in [6, 6.07) is 24.0. The van der Waals surface area contributed by atoms with Gasteiger partial charge in [-0.25, -0.2) is 9.20 Å². The van der Waals surface area contributed by atoms with Crippen molar-refractivity contribution in [2.75, 3.05) is 5.32 Å². The number of amides is 1. The van der Waals surface area contributed by atoms with Crippen molar-refractivity contribution in [3.63, 3.8) is 0 Å². The summed E-state index contributed by atoms with van der Waals surface area (Å²) in [7, 11) is 0. The van der Waals surface area contributed by atoms with E-state index in [1.165, 1.54) is 17.7 Å². The van der Waals surface area contributed by atoms with Gasteiger partial charge >= 0.3 is 0 Å². The number of hydrogen-bond donors (Lipinski definition) is 1. The van der Waals surface area contributed by atoms with Crippen molar-refractivity contribution < 1.29 is 9.53 Å². The van der Waals surface area contributed by atoms with Gasteiger partial charge in [0.05, 0.1) is 22.8 Å². The summed E-state index contributed by atoms with van der Waals surface area (Å²) in [6.07, 6.45) is 1.83. The third-order valence-corrected chi connectivity index (χ3v) is 5.61. The number of rotatable bonds is 6. The molecule has 8 nitrogen and oxygen atoms in total. The van der Waals surface area contributed by atoms with Crippen LogP contribution in [0.5, 0.6) is 11.5 Å². The molecule has 2 aromatic carbocycles. The molecule has 0 fully saturated rings. The second-order valence-electron chi connectivity index (χ2n) is 8.69. The van der Waals surface area contributed by atoms with Gasteiger partial charge in [-0.15, -0.1) is 0 Å². The van der Waals surface area contributed by atoms with Gasteiger partial charge < -0.3 is 10.1 Å². The highest BCUT2D eigenvalue weighted by Gasteiger charge is 2.19. The molecule has 0 spiro atoms. The lowest BCUT2D eigenvalue weighted by atomic mass is 10.0. The summed E-state index contributed by atoms with van der Waals surface area (Å²) < 4.78 is 9.38. The number of carbonyl (C=O) groups is 1. The molecule has 0 saturated heterocycles. The fourth-order valence-electron chi connectivity index (χ4n) is 4.05. The summed E-state index contributed by atoms with van der Waals surface area (Å²) in [6.45, 7) is 5.31. The van der Waals surface area contributed by atoms with Crippen LogP contribution in [-0.4, -0.2) is 25.3 Å². The number of benzene rings is 2. The number of hydrogen-bond acceptors (Lipinski definition) is 5. The van der Waals surface area contributed by atoms with E-state index >= 15 is 0 Å². The van der Waals surface area contributed by atoms with Gasteiger partial charge in [0.1, 0.15) is 17.2 Å². The van der Waals surface area contributed by atoms with Gasteiger partial charge in [-0.1, -0.05) is 36.4 Å². The Bertz CT molecular complexity index is 1620. The van der Waals surface area contributed by atoms with Crippen molar-refractivity contribution in [1.82, 2.24) is 19.4 Å². The predicted octanol–water partition coefficient (Wildman–Crippen LogP) is 5.56. The second kappa shape index (κ2) is 9.50. The van der Waals surface area contributed by atoms with Crippen LogP contribution in [0, 0.1) is 0 Å². The number of nitrogens with zero attached hydrogens (tertiary/aromatic N) is 4. The Labute approximate surface area is 207 Å². The van der Waals surface area contributed by atoms with Crippen molar-refractivity contribution in [3.05, 3.63) is 95.4 Å². The van der Waals surface area contributed by atoms with Crippen molar-refractivity contribution in [3.8, 4) is 34.0 Å². The number of pyridine rings is 1. The first kappa shape index (κ1) is 23.0. The molecule has 0 atom stereocenters. The van der Waals surface area contributed by atoms with Crippen LogP contribution in [-0.2, 0) is 4.79 Å². The summed E-state index contributed by atoms with van der Waals surface area (Å²) in [5.74, 6) is 1.03. The number of aromatic nitrogens is 4. The molecule has 5 aromatic rings. The fourth-order valence-corrected chi connectivity index (χ4v) is 4.05. The van der Waals surface area contributed by atoms with Crippen molar-refractivity contribution in [2.24, 2.45) is 0 Å². The molecule has 3 aromatic heterocycles. The SMILES string of the molecule is CC(=O)Nc1cccc(Oc2ccn3nc(-c4ccccc4)c(-c4ccc(=O)n(C(C)C)n4)c3c2)c1. The molecule has 0 bridgehead atoms. The van der Waals surface area contributed by atoms with Crippen LogP contribution in [0.1, 0.15) is 26.8 Å². The fraction of sp³-hybridized carbons (Fsp3) is 0.143. The van der Waals surface area contributed by atoms with Crippen LogP contribution in [0.3, 0.4) is 0 Å². The first-order valence-corrected chi connectivity index (χ1v) is 11.6. The van der Waals surface area contributed by atoms with Gasteiger partial charge in [-0.2, -0.15) is 10.2 Å². The summed E-state index contributed by atoms with van der Waals surface area (Å²) >= 11 is 0. The molecule has 3 heterocycles. The molecule has 180 valence electrons. The van der Waals surface area contributed by atoms with Crippen LogP contribution in [0.15, 0.2) is 89.9 Å². The quantitative estimate of drug-likeness (QED) is 0.345. The molecule has 0 aliphatic carbocycles. The third kappa shape index (κ3) is 4.61. The summed E-state index contributed by atoms with van der Waals surface area (Å²) in [4.78, 5) is 23.8. The molecule has 1 N–H and O–H groups in total. The highest BCUT2D eigenvalue weighted by molar-refractivity contribution is 5.91. The Hall–Kier alpha value is -4.72. The highest BCUT2D eigenvalue weighted by Crippen LogP contribution is 2.36. The highest BCUT2D eigenvalue weighted by atomic mass is 16.5. The lowest BCUT2D eigenvalue weighted by Crippen LogP contribution is -2.23. The number of fused-ring (bicyclic) bond motifs is 1. The lowest BCUT2D eigenvalue weighted by molar-refractivity contribution is -0.114. The van der Waals surface area contributed by atoms with Crippen LogP contribution in [0.4, 0.5) is 5.69 Å². The molecule has 0 aliphatic rings. The van der Waals surface area contributed by atoms with E-state index < -0.39 is 0 Å². The molecular weight excluding hydrogens is 454 g/mol. The van der Waals surface area contributed by atoms with Crippen LogP contribution in [0.2, 0.25) is 0 Å². The van der Waals surface area contributed by atoms with E-state index in [-0.39, 0.29) is 17.5 Å². The van der Waals surface area contributed by atoms with E-state index in [0.29, 0.717) is 22.9 Å². The normalized spacial score (nSPS) is 11.1. The van der Waals surface area contributed by atoms with Crippen molar-refractivity contribution in [2.45, 2.75) is 26.8 Å². The number of anilines is 1. The number of carbonyl (C=O) groups excluding carboxylic acids is 1. The minimum absolute atomic E-state index is 0.0887. The van der Waals surface area contributed by atoms with E-state index in [1.54, 1.807) is 22.7 Å². The molecule has 0 radical (unpaired) electrons. The van der Waals surface area contributed by atoms with Crippen LogP contribution in [0.25, 0.3) is 28.0 Å². The summed E-state index contributed by atoms with van der Waals surface area (Å²) in [5.41, 5.74) is 4.40. The monoisotopic (exact) mass is 479 g/mol. The summed E-state index contributed by atoms with van der Waals surface area (Å²) in [5, 5.41) is 12.3. The van der Waals surface area contributed by atoms with Gasteiger partial charge in [-0.05, 0) is 38.1 Å². The Morgan fingerprint density at radius 1 is 0.917 bits per heavy atom. The molecule has 1 amide bonds. The zero-order chi connectivity index (χ0) is 25.2. The Kier molecular flexibility index (Phi) is 6.08. The Balaban J connectivity index is 1.65. The molecule has 0 saturated carbocycles. The third-order valence-electron chi connectivity index (χ3n) is 5.61.